The number of hydrogen-bond donors (Lipinski definition) is 0. The normalized spacial score (nSPS) is 15.5. The number of aryl methyl sites for hydroxylation is 1. The van der Waals surface area contributed by atoms with Gasteiger partial charge in [0.2, 0.25) is 0 Å². The molecule has 4 nitrogen and oxygen atoms in total. The number of likely N-dealkylation sites (tertiary alicyclic amines) is 1. The van der Waals surface area contributed by atoms with Crippen molar-refractivity contribution in [1.82, 2.24) is 4.90 Å². The van der Waals surface area contributed by atoms with Crippen LogP contribution in [0.2, 0.25) is 0 Å². The van der Waals surface area contributed by atoms with E-state index in [1.165, 1.54) is 0 Å². The van der Waals surface area contributed by atoms with Crippen molar-refractivity contribution in [3.63, 3.8) is 0 Å². The molecule has 156 valence electrons. The molecule has 0 saturated carbocycles. The highest BCUT2D eigenvalue weighted by Gasteiger charge is 2.29. The molecule has 2 heterocycles. The Labute approximate surface area is 186 Å². The van der Waals surface area contributed by atoms with E-state index in [1.54, 1.807) is 11.8 Å². The Morgan fingerprint density at radius 1 is 0.935 bits per heavy atom. The maximum atomic E-state index is 13.7. The van der Waals surface area contributed by atoms with Crippen molar-refractivity contribution in [3.05, 3.63) is 89.0 Å². The summed E-state index contributed by atoms with van der Waals surface area (Å²) in [6, 6.07) is 21.7. The van der Waals surface area contributed by atoms with Crippen molar-refractivity contribution in [2.24, 2.45) is 0 Å². The van der Waals surface area contributed by atoms with E-state index in [9.17, 15) is 9.59 Å². The van der Waals surface area contributed by atoms with Crippen LogP contribution in [0.15, 0.2) is 76.5 Å². The third-order valence-corrected chi connectivity index (χ3v) is 7.20. The molecule has 0 aromatic heterocycles. The molecule has 2 aliphatic rings. The Hall–Kier alpha value is -3.05. The lowest BCUT2D eigenvalue weighted by Crippen LogP contribution is -2.31. The average Bonchev–Trinajstić information content (AvgIpc) is 3.30. The number of fused-ring (bicyclic) bond motifs is 2. The number of rotatable bonds is 3. The highest BCUT2D eigenvalue weighted by molar-refractivity contribution is 7.99. The third kappa shape index (κ3) is 3.74. The first-order valence-electron chi connectivity index (χ1n) is 10.7. The Morgan fingerprint density at radius 2 is 1.68 bits per heavy atom. The van der Waals surface area contributed by atoms with Gasteiger partial charge in [0.15, 0.2) is 0 Å². The van der Waals surface area contributed by atoms with Gasteiger partial charge >= 0.3 is 0 Å². The van der Waals surface area contributed by atoms with Gasteiger partial charge < -0.3 is 9.80 Å². The van der Waals surface area contributed by atoms with Crippen molar-refractivity contribution in [1.29, 1.82) is 0 Å². The van der Waals surface area contributed by atoms with Gasteiger partial charge in [-0.1, -0.05) is 48.2 Å². The summed E-state index contributed by atoms with van der Waals surface area (Å²) in [5, 5.41) is 0. The molecule has 0 atom stereocenters. The van der Waals surface area contributed by atoms with Crippen LogP contribution in [0.1, 0.15) is 44.7 Å². The molecule has 3 aromatic rings. The summed E-state index contributed by atoms with van der Waals surface area (Å²) in [4.78, 5) is 32.4. The predicted octanol–water partition coefficient (Wildman–Crippen LogP) is 5.54. The molecule has 0 aliphatic carbocycles. The fourth-order valence-corrected chi connectivity index (χ4v) is 5.33. The lowest BCUT2D eigenvalue weighted by atomic mass is 10.1. The van der Waals surface area contributed by atoms with Crippen LogP contribution >= 0.6 is 11.8 Å². The molecule has 2 aliphatic heterocycles. The SMILES string of the molecule is Cc1ccccc1CN1C(=O)c2ccccc2Sc2ccc(C(=O)N3CCCC3)cc21. The van der Waals surface area contributed by atoms with Gasteiger partial charge in [0.05, 0.1) is 17.8 Å². The lowest BCUT2D eigenvalue weighted by molar-refractivity contribution is 0.0792. The molecule has 1 saturated heterocycles. The van der Waals surface area contributed by atoms with Crippen molar-refractivity contribution in [3.8, 4) is 0 Å². The number of benzene rings is 3. The molecule has 3 aromatic carbocycles. The maximum Gasteiger partial charge on any atom is 0.259 e. The van der Waals surface area contributed by atoms with Crippen molar-refractivity contribution < 1.29 is 9.59 Å². The van der Waals surface area contributed by atoms with E-state index >= 15 is 0 Å². The van der Waals surface area contributed by atoms with Crippen molar-refractivity contribution in [2.75, 3.05) is 18.0 Å². The van der Waals surface area contributed by atoms with Gasteiger partial charge in [0.1, 0.15) is 0 Å². The number of carbonyl (C=O) groups is 2. The van der Waals surface area contributed by atoms with E-state index in [2.05, 4.69) is 19.1 Å². The number of carbonyl (C=O) groups excluding carboxylic acids is 2. The average molecular weight is 429 g/mol. The van der Waals surface area contributed by atoms with Crippen LogP contribution < -0.4 is 4.90 Å². The van der Waals surface area contributed by atoms with E-state index < -0.39 is 0 Å². The van der Waals surface area contributed by atoms with E-state index in [-0.39, 0.29) is 11.8 Å². The zero-order valence-electron chi connectivity index (χ0n) is 17.5. The topological polar surface area (TPSA) is 40.6 Å². The van der Waals surface area contributed by atoms with Gasteiger partial charge in [-0.2, -0.15) is 0 Å². The van der Waals surface area contributed by atoms with Crippen LogP contribution in [0.5, 0.6) is 0 Å². The zero-order chi connectivity index (χ0) is 21.4. The monoisotopic (exact) mass is 428 g/mol. The molecular formula is C26H24N2O2S. The molecule has 0 bridgehead atoms. The van der Waals surface area contributed by atoms with E-state index in [4.69, 9.17) is 0 Å². The van der Waals surface area contributed by atoms with Gasteiger partial charge in [-0.15, -0.1) is 0 Å². The zero-order valence-corrected chi connectivity index (χ0v) is 18.3. The fourth-order valence-electron chi connectivity index (χ4n) is 4.27. The first-order valence-corrected chi connectivity index (χ1v) is 11.5. The molecule has 5 rings (SSSR count). The molecule has 2 amide bonds. The Morgan fingerprint density at radius 3 is 2.48 bits per heavy atom. The number of anilines is 1. The second-order valence-corrected chi connectivity index (χ2v) is 9.18. The molecule has 0 unspecified atom stereocenters. The van der Waals surface area contributed by atoms with Crippen LogP contribution in [0.3, 0.4) is 0 Å². The van der Waals surface area contributed by atoms with Crippen LogP contribution in [0.4, 0.5) is 5.69 Å². The molecular weight excluding hydrogens is 404 g/mol. The lowest BCUT2D eigenvalue weighted by Gasteiger charge is -2.25. The van der Waals surface area contributed by atoms with E-state index in [1.807, 2.05) is 64.4 Å². The van der Waals surface area contributed by atoms with Gasteiger partial charge in [-0.05, 0) is 61.2 Å². The summed E-state index contributed by atoms with van der Waals surface area (Å²) in [7, 11) is 0. The van der Waals surface area contributed by atoms with Gasteiger partial charge in [0.25, 0.3) is 11.8 Å². The number of nitrogens with zero attached hydrogens (tertiary/aromatic N) is 2. The summed E-state index contributed by atoms with van der Waals surface area (Å²) in [5.74, 6) is 0.0197. The Balaban J connectivity index is 1.61. The van der Waals surface area contributed by atoms with Gasteiger partial charge in [-0.25, -0.2) is 0 Å². The molecule has 31 heavy (non-hydrogen) atoms. The van der Waals surface area contributed by atoms with Crippen LogP contribution in [0.25, 0.3) is 0 Å². The largest absolute Gasteiger partial charge is 0.339 e. The highest BCUT2D eigenvalue weighted by atomic mass is 32.2. The summed E-state index contributed by atoms with van der Waals surface area (Å²) in [6.07, 6.45) is 2.11. The standard InChI is InChI=1S/C26H24N2O2S/c1-18-8-2-3-9-20(18)17-28-22-16-19(25(29)27-14-6-7-15-27)12-13-24(22)31-23-11-5-4-10-21(23)26(28)30/h2-5,8-13,16H,6-7,14-15,17H2,1H3. The first-order chi connectivity index (χ1) is 15.1. The number of amides is 2. The molecule has 0 radical (unpaired) electrons. The van der Waals surface area contributed by atoms with Crippen molar-refractivity contribution >= 4 is 29.3 Å². The third-order valence-electron chi connectivity index (χ3n) is 6.06. The highest BCUT2D eigenvalue weighted by Crippen LogP contribution is 2.42. The summed E-state index contributed by atoms with van der Waals surface area (Å²) < 4.78 is 0. The second-order valence-electron chi connectivity index (χ2n) is 8.10. The summed E-state index contributed by atoms with van der Waals surface area (Å²) in [6.45, 7) is 4.15. The van der Waals surface area contributed by atoms with Gasteiger partial charge in [0, 0.05) is 28.4 Å². The van der Waals surface area contributed by atoms with Gasteiger partial charge in [-0.3, -0.25) is 9.59 Å². The summed E-state index contributed by atoms with van der Waals surface area (Å²) >= 11 is 1.59. The van der Waals surface area contributed by atoms with Crippen LogP contribution in [-0.2, 0) is 6.54 Å². The number of hydrogen-bond acceptors (Lipinski definition) is 3. The van der Waals surface area contributed by atoms with Crippen LogP contribution in [-0.4, -0.2) is 29.8 Å². The first kappa shape index (κ1) is 19.9. The van der Waals surface area contributed by atoms with Crippen molar-refractivity contribution in [2.45, 2.75) is 36.1 Å². The van der Waals surface area contributed by atoms with E-state index in [0.29, 0.717) is 17.7 Å². The molecule has 5 heteroatoms. The maximum absolute atomic E-state index is 13.7. The quantitative estimate of drug-likeness (QED) is 0.550. The fraction of sp³-hybridized carbons (Fsp3) is 0.231. The second kappa shape index (κ2) is 8.23. The minimum absolute atomic E-state index is 0.0316. The predicted molar refractivity (Wildman–Crippen MR) is 124 cm³/mol. The van der Waals surface area contributed by atoms with E-state index in [0.717, 1.165) is 52.5 Å². The Bertz CT molecular complexity index is 1170. The minimum atomic E-state index is -0.0316. The molecule has 0 N–H and O–H groups in total. The smallest absolute Gasteiger partial charge is 0.259 e. The van der Waals surface area contributed by atoms with Crippen LogP contribution in [0, 0.1) is 6.92 Å². The summed E-state index contributed by atoms with van der Waals surface area (Å²) in [5.41, 5.74) is 4.40. The molecule has 0 spiro atoms. The minimum Gasteiger partial charge on any atom is -0.339 e. The Kier molecular flexibility index (Phi) is 5.28. The molecule has 1 fully saturated rings.